The van der Waals surface area contributed by atoms with Crippen molar-refractivity contribution in [3.8, 4) is 0 Å². The maximum atomic E-state index is 13.1. The van der Waals surface area contributed by atoms with Crippen molar-refractivity contribution in [1.82, 2.24) is 10.2 Å². The van der Waals surface area contributed by atoms with Crippen molar-refractivity contribution < 1.29 is 9.59 Å². The van der Waals surface area contributed by atoms with E-state index >= 15 is 0 Å². The molecule has 2 amide bonds. The number of amides is 2. The molecule has 0 aromatic heterocycles. The fourth-order valence-corrected chi connectivity index (χ4v) is 4.06. The van der Waals surface area contributed by atoms with Gasteiger partial charge < -0.3 is 10.2 Å². The minimum Gasteiger partial charge on any atom is -0.352 e. The van der Waals surface area contributed by atoms with E-state index in [4.69, 9.17) is 0 Å². The Labute approximate surface area is 179 Å². The summed E-state index contributed by atoms with van der Waals surface area (Å²) in [5.41, 5.74) is 2.37. The predicted octanol–water partition coefficient (Wildman–Crippen LogP) is 4.29. The Morgan fingerprint density at radius 2 is 1.55 bits per heavy atom. The highest BCUT2D eigenvalue weighted by atomic mass is 32.2. The molecule has 2 aromatic rings. The molecule has 156 valence electrons. The first kappa shape index (κ1) is 23.0. The Morgan fingerprint density at radius 1 is 0.966 bits per heavy atom. The summed E-state index contributed by atoms with van der Waals surface area (Å²) in [5, 5.41) is 2.97. The molecule has 0 saturated carbocycles. The molecule has 0 aliphatic carbocycles. The number of hydrogen-bond acceptors (Lipinski definition) is 3. The van der Waals surface area contributed by atoms with Crippen molar-refractivity contribution >= 4 is 23.6 Å². The van der Waals surface area contributed by atoms with Gasteiger partial charge in [0.2, 0.25) is 11.8 Å². The SMILES string of the molecule is CC[C@@H](C(=O)NC(C)C)N(CCc1ccccc1)C(=O)CSCc1ccccc1. The van der Waals surface area contributed by atoms with Crippen LogP contribution in [0, 0.1) is 0 Å². The molecule has 0 aliphatic rings. The molecule has 1 N–H and O–H groups in total. The quantitative estimate of drug-likeness (QED) is 0.599. The zero-order valence-electron chi connectivity index (χ0n) is 17.6. The normalized spacial score (nSPS) is 11.9. The molecule has 0 bridgehead atoms. The van der Waals surface area contributed by atoms with E-state index in [1.54, 1.807) is 16.7 Å². The number of carbonyl (C=O) groups is 2. The summed E-state index contributed by atoms with van der Waals surface area (Å²) in [6.45, 7) is 6.39. The summed E-state index contributed by atoms with van der Waals surface area (Å²) < 4.78 is 0. The Morgan fingerprint density at radius 3 is 2.10 bits per heavy atom. The van der Waals surface area contributed by atoms with E-state index in [-0.39, 0.29) is 17.9 Å². The molecule has 0 fully saturated rings. The van der Waals surface area contributed by atoms with Crippen molar-refractivity contribution in [3.05, 3.63) is 71.8 Å². The molecule has 0 radical (unpaired) electrons. The van der Waals surface area contributed by atoms with Gasteiger partial charge in [-0.1, -0.05) is 67.6 Å². The fraction of sp³-hybridized carbons (Fsp3) is 0.417. The van der Waals surface area contributed by atoms with Crippen molar-refractivity contribution in [2.75, 3.05) is 12.3 Å². The van der Waals surface area contributed by atoms with E-state index in [1.165, 1.54) is 11.1 Å². The summed E-state index contributed by atoms with van der Waals surface area (Å²) in [6, 6.07) is 19.8. The second-order valence-corrected chi connectivity index (χ2v) is 8.37. The van der Waals surface area contributed by atoms with Crippen LogP contribution >= 0.6 is 11.8 Å². The maximum Gasteiger partial charge on any atom is 0.242 e. The summed E-state index contributed by atoms with van der Waals surface area (Å²) in [7, 11) is 0. The number of hydrogen-bond donors (Lipinski definition) is 1. The van der Waals surface area contributed by atoms with E-state index in [1.807, 2.05) is 57.2 Å². The molecule has 0 saturated heterocycles. The lowest BCUT2D eigenvalue weighted by Crippen LogP contribution is -2.51. The molecular weight excluding hydrogens is 380 g/mol. The Hall–Kier alpha value is -2.27. The molecular formula is C24H32N2O2S. The molecule has 0 heterocycles. The van der Waals surface area contributed by atoms with Gasteiger partial charge in [0.15, 0.2) is 0 Å². The van der Waals surface area contributed by atoms with Crippen molar-refractivity contribution in [3.63, 3.8) is 0 Å². The molecule has 0 unspecified atom stereocenters. The van der Waals surface area contributed by atoms with E-state index < -0.39 is 6.04 Å². The van der Waals surface area contributed by atoms with Crippen LogP contribution in [0.5, 0.6) is 0 Å². The van der Waals surface area contributed by atoms with Crippen LogP contribution in [-0.4, -0.2) is 41.1 Å². The highest BCUT2D eigenvalue weighted by Crippen LogP contribution is 2.15. The fourth-order valence-electron chi connectivity index (χ4n) is 3.19. The largest absolute Gasteiger partial charge is 0.352 e. The highest BCUT2D eigenvalue weighted by Gasteiger charge is 2.28. The monoisotopic (exact) mass is 412 g/mol. The lowest BCUT2D eigenvalue weighted by atomic mass is 10.1. The average molecular weight is 413 g/mol. The number of benzene rings is 2. The van der Waals surface area contributed by atoms with Crippen LogP contribution in [0.15, 0.2) is 60.7 Å². The van der Waals surface area contributed by atoms with Crippen molar-refractivity contribution in [1.29, 1.82) is 0 Å². The third kappa shape index (κ3) is 7.94. The molecule has 4 nitrogen and oxygen atoms in total. The first-order valence-electron chi connectivity index (χ1n) is 10.3. The van der Waals surface area contributed by atoms with Crippen LogP contribution in [0.2, 0.25) is 0 Å². The van der Waals surface area contributed by atoms with E-state index in [2.05, 4.69) is 29.6 Å². The second kappa shape index (κ2) is 12.3. The molecule has 2 aromatic carbocycles. The maximum absolute atomic E-state index is 13.1. The standard InChI is InChI=1S/C24H32N2O2S/c1-4-22(24(28)25-19(2)3)26(16-15-20-11-7-5-8-12-20)23(27)18-29-17-21-13-9-6-10-14-21/h5-14,19,22H,4,15-18H2,1-3H3,(H,25,28)/t22-/m0/s1. The summed E-state index contributed by atoms with van der Waals surface area (Å²) >= 11 is 1.60. The molecule has 0 spiro atoms. The van der Waals surface area contributed by atoms with E-state index in [0.29, 0.717) is 18.7 Å². The number of nitrogens with zero attached hydrogens (tertiary/aromatic N) is 1. The van der Waals surface area contributed by atoms with Gasteiger partial charge in [-0.2, -0.15) is 0 Å². The van der Waals surface area contributed by atoms with Gasteiger partial charge in [-0.15, -0.1) is 11.8 Å². The summed E-state index contributed by atoms with van der Waals surface area (Å²) in [5.74, 6) is 1.10. The van der Waals surface area contributed by atoms with Gasteiger partial charge in [-0.25, -0.2) is 0 Å². The van der Waals surface area contributed by atoms with Crippen LogP contribution in [0.4, 0.5) is 0 Å². The first-order valence-corrected chi connectivity index (χ1v) is 11.4. The Balaban J connectivity index is 2.04. The van der Waals surface area contributed by atoms with Gasteiger partial charge in [0.05, 0.1) is 5.75 Å². The zero-order chi connectivity index (χ0) is 21.1. The first-order chi connectivity index (χ1) is 14.0. The van der Waals surface area contributed by atoms with Gasteiger partial charge in [0.25, 0.3) is 0 Å². The highest BCUT2D eigenvalue weighted by molar-refractivity contribution is 7.99. The zero-order valence-corrected chi connectivity index (χ0v) is 18.5. The Kier molecular flexibility index (Phi) is 9.78. The third-order valence-corrected chi connectivity index (χ3v) is 5.63. The van der Waals surface area contributed by atoms with Crippen LogP contribution in [0.1, 0.15) is 38.3 Å². The topological polar surface area (TPSA) is 49.4 Å². The van der Waals surface area contributed by atoms with Crippen LogP contribution in [0.3, 0.4) is 0 Å². The smallest absolute Gasteiger partial charge is 0.242 e. The summed E-state index contributed by atoms with van der Waals surface area (Å²) in [4.78, 5) is 27.6. The van der Waals surface area contributed by atoms with Gasteiger partial charge in [-0.3, -0.25) is 9.59 Å². The number of rotatable bonds is 11. The molecule has 29 heavy (non-hydrogen) atoms. The van der Waals surface area contributed by atoms with Crippen molar-refractivity contribution in [2.45, 2.75) is 51.4 Å². The third-order valence-electron chi connectivity index (χ3n) is 4.64. The number of thioether (sulfide) groups is 1. The van der Waals surface area contributed by atoms with Gasteiger partial charge >= 0.3 is 0 Å². The molecule has 0 aliphatic heterocycles. The van der Waals surface area contributed by atoms with Crippen LogP contribution in [-0.2, 0) is 21.8 Å². The summed E-state index contributed by atoms with van der Waals surface area (Å²) in [6.07, 6.45) is 1.34. The minimum absolute atomic E-state index is 0.0209. The lowest BCUT2D eigenvalue weighted by molar-refractivity contribution is -0.139. The van der Waals surface area contributed by atoms with Gasteiger partial charge in [-0.05, 0) is 37.8 Å². The van der Waals surface area contributed by atoms with Crippen molar-refractivity contribution in [2.24, 2.45) is 0 Å². The molecule has 2 rings (SSSR count). The molecule has 1 atom stereocenters. The minimum atomic E-state index is -0.439. The number of carbonyl (C=O) groups excluding carboxylic acids is 2. The van der Waals surface area contributed by atoms with Gasteiger partial charge in [0.1, 0.15) is 6.04 Å². The van der Waals surface area contributed by atoms with E-state index in [0.717, 1.165) is 12.2 Å². The van der Waals surface area contributed by atoms with Crippen LogP contribution in [0.25, 0.3) is 0 Å². The Bertz CT molecular complexity index is 750. The van der Waals surface area contributed by atoms with Crippen LogP contribution < -0.4 is 5.32 Å². The lowest BCUT2D eigenvalue weighted by Gasteiger charge is -2.31. The number of nitrogens with one attached hydrogen (secondary N) is 1. The second-order valence-electron chi connectivity index (χ2n) is 7.39. The van der Waals surface area contributed by atoms with Gasteiger partial charge in [0, 0.05) is 18.3 Å². The average Bonchev–Trinajstić information content (AvgIpc) is 2.72. The van der Waals surface area contributed by atoms with E-state index in [9.17, 15) is 9.59 Å². The predicted molar refractivity (Wildman–Crippen MR) is 122 cm³/mol. The molecule has 5 heteroatoms.